The molecule has 1 fully saturated rings. The highest BCUT2D eigenvalue weighted by atomic mass is 16.3. The van der Waals surface area contributed by atoms with Gasteiger partial charge in [0.25, 0.3) is 5.91 Å². The highest BCUT2D eigenvalue weighted by molar-refractivity contribution is 5.91. The molecule has 1 amide bonds. The standard InChI is InChI=1S/C15H24N4O2/c1-2-12(10-8-11(20)9-10)16-15(21)14-18-17-13-6-4-3-5-7-19(13)14/h10-12,20H,2-9H2,1H3,(H,16,21). The zero-order valence-electron chi connectivity index (χ0n) is 12.6. The van der Waals surface area contributed by atoms with E-state index in [1.807, 2.05) is 4.57 Å². The maximum absolute atomic E-state index is 12.5. The van der Waals surface area contributed by atoms with Crippen LogP contribution in [-0.4, -0.2) is 37.9 Å². The zero-order valence-corrected chi connectivity index (χ0v) is 12.6. The number of fused-ring (bicyclic) bond motifs is 1. The Morgan fingerprint density at radius 3 is 2.90 bits per heavy atom. The summed E-state index contributed by atoms with van der Waals surface area (Å²) >= 11 is 0. The van der Waals surface area contributed by atoms with Crippen LogP contribution in [0.25, 0.3) is 0 Å². The Balaban J connectivity index is 1.69. The Kier molecular flexibility index (Phi) is 4.24. The molecule has 1 aromatic heterocycles. The molecule has 2 N–H and O–H groups in total. The summed E-state index contributed by atoms with van der Waals surface area (Å²) in [5.74, 6) is 1.65. The summed E-state index contributed by atoms with van der Waals surface area (Å²) < 4.78 is 1.98. The molecule has 0 spiro atoms. The summed E-state index contributed by atoms with van der Waals surface area (Å²) in [6, 6.07) is 0.125. The highest BCUT2D eigenvalue weighted by Gasteiger charge is 2.34. The maximum Gasteiger partial charge on any atom is 0.289 e. The third-order valence-electron chi connectivity index (χ3n) is 4.79. The lowest BCUT2D eigenvalue weighted by molar-refractivity contribution is 0.0231. The predicted octanol–water partition coefficient (Wildman–Crippen LogP) is 1.28. The Morgan fingerprint density at radius 1 is 1.38 bits per heavy atom. The Bertz CT molecular complexity index is 508. The molecule has 21 heavy (non-hydrogen) atoms. The molecular weight excluding hydrogens is 268 g/mol. The summed E-state index contributed by atoms with van der Waals surface area (Å²) in [5.41, 5.74) is 0. The lowest BCUT2D eigenvalue weighted by Crippen LogP contribution is -2.47. The molecule has 6 heteroatoms. The number of aromatic nitrogens is 3. The van der Waals surface area contributed by atoms with Gasteiger partial charge in [-0.15, -0.1) is 10.2 Å². The molecule has 3 rings (SSSR count). The monoisotopic (exact) mass is 292 g/mol. The second-order valence-corrected chi connectivity index (χ2v) is 6.28. The van der Waals surface area contributed by atoms with Crippen molar-refractivity contribution in [2.75, 3.05) is 0 Å². The van der Waals surface area contributed by atoms with Crippen molar-refractivity contribution in [3.8, 4) is 0 Å². The topological polar surface area (TPSA) is 80.0 Å². The number of aliphatic hydroxyl groups is 1. The van der Waals surface area contributed by atoms with E-state index in [0.29, 0.717) is 11.7 Å². The van der Waals surface area contributed by atoms with Crippen molar-refractivity contribution in [2.24, 2.45) is 5.92 Å². The first-order valence-corrected chi connectivity index (χ1v) is 8.10. The van der Waals surface area contributed by atoms with E-state index in [2.05, 4.69) is 22.4 Å². The number of hydrogen-bond donors (Lipinski definition) is 2. The summed E-state index contributed by atoms with van der Waals surface area (Å²) in [5, 5.41) is 20.8. The smallest absolute Gasteiger partial charge is 0.289 e. The van der Waals surface area contributed by atoms with Gasteiger partial charge in [-0.3, -0.25) is 4.79 Å². The van der Waals surface area contributed by atoms with Gasteiger partial charge in [-0.25, -0.2) is 0 Å². The van der Waals surface area contributed by atoms with Crippen LogP contribution in [0.3, 0.4) is 0 Å². The lowest BCUT2D eigenvalue weighted by atomic mass is 9.76. The third kappa shape index (κ3) is 2.95. The van der Waals surface area contributed by atoms with E-state index >= 15 is 0 Å². The van der Waals surface area contributed by atoms with E-state index in [4.69, 9.17) is 0 Å². The minimum Gasteiger partial charge on any atom is -0.393 e. The molecule has 1 aliphatic carbocycles. The number of amides is 1. The van der Waals surface area contributed by atoms with Gasteiger partial charge in [-0.05, 0) is 38.0 Å². The number of carbonyl (C=O) groups excluding carboxylic acids is 1. The van der Waals surface area contributed by atoms with E-state index < -0.39 is 0 Å². The van der Waals surface area contributed by atoms with Crippen LogP contribution in [-0.2, 0) is 13.0 Å². The average Bonchev–Trinajstić information content (AvgIpc) is 2.70. The molecule has 1 unspecified atom stereocenters. The van der Waals surface area contributed by atoms with Gasteiger partial charge in [0.05, 0.1) is 6.10 Å². The van der Waals surface area contributed by atoms with Gasteiger partial charge in [0, 0.05) is 19.0 Å². The predicted molar refractivity (Wildman–Crippen MR) is 77.9 cm³/mol. The average molecular weight is 292 g/mol. The second-order valence-electron chi connectivity index (χ2n) is 6.28. The van der Waals surface area contributed by atoms with Crippen LogP contribution in [0.4, 0.5) is 0 Å². The van der Waals surface area contributed by atoms with E-state index in [1.165, 1.54) is 6.42 Å². The zero-order chi connectivity index (χ0) is 14.8. The molecular formula is C15H24N4O2. The summed E-state index contributed by atoms with van der Waals surface area (Å²) in [6.07, 6.45) is 6.56. The molecule has 0 aromatic carbocycles. The van der Waals surface area contributed by atoms with Gasteiger partial charge in [0.2, 0.25) is 5.82 Å². The van der Waals surface area contributed by atoms with Gasteiger partial charge in [-0.2, -0.15) is 0 Å². The quantitative estimate of drug-likeness (QED) is 0.876. The van der Waals surface area contributed by atoms with Crippen molar-refractivity contribution in [3.05, 3.63) is 11.6 Å². The first kappa shape index (κ1) is 14.5. The van der Waals surface area contributed by atoms with E-state index in [0.717, 1.165) is 50.9 Å². The number of aryl methyl sites for hydroxylation is 1. The third-order valence-corrected chi connectivity index (χ3v) is 4.79. The first-order chi connectivity index (χ1) is 10.2. The molecule has 0 radical (unpaired) electrons. The van der Waals surface area contributed by atoms with Crippen LogP contribution in [0.5, 0.6) is 0 Å². The van der Waals surface area contributed by atoms with Crippen molar-refractivity contribution >= 4 is 5.91 Å². The fraction of sp³-hybridized carbons (Fsp3) is 0.800. The van der Waals surface area contributed by atoms with Gasteiger partial charge in [0.15, 0.2) is 0 Å². The number of aliphatic hydroxyl groups excluding tert-OH is 1. The fourth-order valence-electron chi connectivity index (χ4n) is 3.40. The minimum absolute atomic E-state index is 0.121. The summed E-state index contributed by atoms with van der Waals surface area (Å²) in [4.78, 5) is 12.5. The van der Waals surface area contributed by atoms with E-state index in [9.17, 15) is 9.90 Å². The Labute approximate surface area is 124 Å². The van der Waals surface area contributed by atoms with Crippen LogP contribution in [0.2, 0.25) is 0 Å². The largest absolute Gasteiger partial charge is 0.393 e. The SMILES string of the molecule is CCC(NC(=O)c1nnc2n1CCCCC2)C1CC(O)C1. The number of nitrogens with zero attached hydrogens (tertiary/aromatic N) is 3. The summed E-state index contributed by atoms with van der Waals surface area (Å²) in [7, 11) is 0. The molecule has 1 atom stereocenters. The molecule has 116 valence electrons. The van der Waals surface area contributed by atoms with Gasteiger partial charge < -0.3 is 15.0 Å². The number of nitrogens with one attached hydrogen (secondary N) is 1. The second kappa shape index (κ2) is 6.13. The molecule has 1 aromatic rings. The molecule has 0 saturated heterocycles. The molecule has 1 aliphatic heterocycles. The minimum atomic E-state index is -0.190. The van der Waals surface area contributed by atoms with E-state index in [1.54, 1.807) is 0 Å². The molecule has 0 bridgehead atoms. The van der Waals surface area contributed by atoms with Crippen LogP contribution >= 0.6 is 0 Å². The lowest BCUT2D eigenvalue weighted by Gasteiger charge is -2.37. The highest BCUT2D eigenvalue weighted by Crippen LogP contribution is 2.31. The van der Waals surface area contributed by atoms with Crippen molar-refractivity contribution in [1.29, 1.82) is 0 Å². The van der Waals surface area contributed by atoms with Crippen LogP contribution < -0.4 is 5.32 Å². The van der Waals surface area contributed by atoms with E-state index in [-0.39, 0.29) is 18.1 Å². The fourth-order valence-corrected chi connectivity index (χ4v) is 3.40. The van der Waals surface area contributed by atoms with Crippen LogP contribution in [0.1, 0.15) is 61.9 Å². The molecule has 1 saturated carbocycles. The normalized spacial score (nSPS) is 26.4. The number of hydrogen-bond acceptors (Lipinski definition) is 4. The maximum atomic E-state index is 12.5. The molecule has 2 heterocycles. The molecule has 2 aliphatic rings. The van der Waals surface area contributed by atoms with Crippen molar-refractivity contribution in [2.45, 2.75) is 70.6 Å². The van der Waals surface area contributed by atoms with Crippen LogP contribution in [0, 0.1) is 5.92 Å². The van der Waals surface area contributed by atoms with Gasteiger partial charge in [0.1, 0.15) is 5.82 Å². The number of rotatable bonds is 4. The Hall–Kier alpha value is -1.43. The molecule has 6 nitrogen and oxygen atoms in total. The van der Waals surface area contributed by atoms with Gasteiger partial charge >= 0.3 is 0 Å². The first-order valence-electron chi connectivity index (χ1n) is 8.10. The van der Waals surface area contributed by atoms with Crippen LogP contribution in [0.15, 0.2) is 0 Å². The van der Waals surface area contributed by atoms with Crippen molar-refractivity contribution in [1.82, 2.24) is 20.1 Å². The summed E-state index contributed by atoms with van der Waals surface area (Å²) in [6.45, 7) is 2.91. The number of carbonyl (C=O) groups is 1. The van der Waals surface area contributed by atoms with Crippen molar-refractivity contribution < 1.29 is 9.90 Å². The Morgan fingerprint density at radius 2 is 2.19 bits per heavy atom. The van der Waals surface area contributed by atoms with Gasteiger partial charge in [-0.1, -0.05) is 13.3 Å². The van der Waals surface area contributed by atoms with Crippen molar-refractivity contribution in [3.63, 3.8) is 0 Å².